The molecule has 3 N–H and O–H groups in total. The van der Waals surface area contributed by atoms with Gasteiger partial charge in [-0.3, -0.25) is 14.9 Å². The Balaban J connectivity index is 2.15. The number of aromatic nitrogens is 1. The van der Waals surface area contributed by atoms with Crippen LogP contribution < -0.4 is 11.1 Å². The van der Waals surface area contributed by atoms with Gasteiger partial charge in [0.15, 0.2) is 10.9 Å². The molecule has 2 aromatic rings. The third-order valence-electron chi connectivity index (χ3n) is 2.35. The second-order valence-corrected chi connectivity index (χ2v) is 4.64. The summed E-state index contributed by atoms with van der Waals surface area (Å²) in [5, 5.41) is 4.32. The average Bonchev–Trinajstić information content (AvgIpc) is 2.81. The van der Waals surface area contributed by atoms with E-state index in [0.717, 1.165) is 17.4 Å². The number of nitrogens with one attached hydrogen (secondary N) is 1. The SMILES string of the molecule is CC(=O)c1csc(NC(=O)c2ccc(N)c(F)c2)n1. The lowest BCUT2D eigenvalue weighted by Crippen LogP contribution is -2.12. The lowest BCUT2D eigenvalue weighted by atomic mass is 10.2. The van der Waals surface area contributed by atoms with Crippen LogP contribution in [0.1, 0.15) is 27.8 Å². The summed E-state index contributed by atoms with van der Waals surface area (Å²) in [6, 6.07) is 3.77. The van der Waals surface area contributed by atoms with E-state index in [9.17, 15) is 14.0 Å². The topological polar surface area (TPSA) is 85.1 Å². The van der Waals surface area contributed by atoms with Crippen molar-refractivity contribution in [2.24, 2.45) is 0 Å². The van der Waals surface area contributed by atoms with Crippen molar-refractivity contribution in [3.05, 3.63) is 40.7 Å². The molecule has 7 heteroatoms. The highest BCUT2D eigenvalue weighted by molar-refractivity contribution is 7.14. The molecule has 0 spiro atoms. The van der Waals surface area contributed by atoms with Gasteiger partial charge >= 0.3 is 0 Å². The third kappa shape index (κ3) is 2.94. The fourth-order valence-corrected chi connectivity index (χ4v) is 2.08. The molecule has 0 saturated carbocycles. The van der Waals surface area contributed by atoms with E-state index in [1.807, 2.05) is 0 Å². The monoisotopic (exact) mass is 279 g/mol. The number of nitrogens with two attached hydrogens (primary N) is 1. The van der Waals surface area contributed by atoms with Crippen molar-refractivity contribution in [1.82, 2.24) is 4.98 Å². The van der Waals surface area contributed by atoms with Crippen LogP contribution in [-0.4, -0.2) is 16.7 Å². The molecule has 0 radical (unpaired) electrons. The largest absolute Gasteiger partial charge is 0.396 e. The number of anilines is 2. The molecule has 0 atom stereocenters. The van der Waals surface area contributed by atoms with Gasteiger partial charge in [-0.1, -0.05) is 0 Å². The number of Topliss-reactive ketones (excluding diaryl/α,β-unsaturated/α-hetero) is 1. The van der Waals surface area contributed by atoms with Gasteiger partial charge in [-0.25, -0.2) is 9.37 Å². The first-order chi connectivity index (χ1) is 8.97. The van der Waals surface area contributed by atoms with Gasteiger partial charge in [0, 0.05) is 17.9 Å². The Morgan fingerprint density at radius 2 is 2.16 bits per heavy atom. The predicted molar refractivity (Wildman–Crippen MR) is 70.9 cm³/mol. The van der Waals surface area contributed by atoms with Gasteiger partial charge in [0.1, 0.15) is 11.5 Å². The van der Waals surface area contributed by atoms with Crippen LogP contribution in [0.3, 0.4) is 0 Å². The number of halogens is 1. The Bertz CT molecular complexity index is 654. The summed E-state index contributed by atoms with van der Waals surface area (Å²) in [4.78, 5) is 26.8. The first-order valence-electron chi connectivity index (χ1n) is 5.30. The summed E-state index contributed by atoms with van der Waals surface area (Å²) < 4.78 is 13.2. The van der Waals surface area contributed by atoms with Crippen LogP contribution in [0.15, 0.2) is 23.6 Å². The fraction of sp³-hybridized carbons (Fsp3) is 0.0833. The van der Waals surface area contributed by atoms with Crippen LogP contribution >= 0.6 is 11.3 Å². The number of amides is 1. The molecular formula is C12H10FN3O2S. The molecule has 0 unspecified atom stereocenters. The Morgan fingerprint density at radius 3 is 2.74 bits per heavy atom. The molecule has 1 amide bonds. The Morgan fingerprint density at radius 1 is 1.42 bits per heavy atom. The maximum absolute atomic E-state index is 13.2. The van der Waals surface area contributed by atoms with E-state index in [0.29, 0.717) is 0 Å². The minimum Gasteiger partial charge on any atom is -0.396 e. The molecule has 98 valence electrons. The van der Waals surface area contributed by atoms with Crippen molar-refractivity contribution in [2.45, 2.75) is 6.92 Å². The van der Waals surface area contributed by atoms with E-state index in [4.69, 9.17) is 5.73 Å². The van der Waals surface area contributed by atoms with Gasteiger partial charge < -0.3 is 5.73 Å². The number of nitrogens with zero attached hydrogens (tertiary/aromatic N) is 1. The quantitative estimate of drug-likeness (QED) is 0.667. The molecule has 0 aliphatic carbocycles. The van der Waals surface area contributed by atoms with Crippen molar-refractivity contribution in [3.8, 4) is 0 Å². The number of ketones is 1. The number of benzene rings is 1. The highest BCUT2D eigenvalue weighted by Gasteiger charge is 2.12. The van der Waals surface area contributed by atoms with Crippen LogP contribution in [0, 0.1) is 5.82 Å². The minimum absolute atomic E-state index is 0.0235. The predicted octanol–water partition coefficient (Wildman–Crippen LogP) is 2.32. The molecule has 1 aromatic heterocycles. The minimum atomic E-state index is -0.656. The zero-order valence-corrected chi connectivity index (χ0v) is 10.8. The Hall–Kier alpha value is -2.28. The molecule has 0 aliphatic heterocycles. The van der Waals surface area contributed by atoms with Crippen LogP contribution in [0.2, 0.25) is 0 Å². The van der Waals surface area contributed by atoms with Crippen molar-refractivity contribution in [3.63, 3.8) is 0 Å². The summed E-state index contributed by atoms with van der Waals surface area (Å²) >= 11 is 1.13. The third-order valence-corrected chi connectivity index (χ3v) is 3.11. The molecule has 0 bridgehead atoms. The van der Waals surface area contributed by atoms with Crippen molar-refractivity contribution < 1.29 is 14.0 Å². The first kappa shape index (κ1) is 13.2. The summed E-state index contributed by atoms with van der Waals surface area (Å²) in [6.45, 7) is 1.38. The summed E-state index contributed by atoms with van der Waals surface area (Å²) in [5.74, 6) is -1.35. The summed E-state index contributed by atoms with van der Waals surface area (Å²) in [6.07, 6.45) is 0. The van der Waals surface area contributed by atoms with E-state index in [1.54, 1.807) is 5.38 Å². The van der Waals surface area contributed by atoms with E-state index < -0.39 is 11.7 Å². The number of nitrogen functional groups attached to an aromatic ring is 1. The second kappa shape index (κ2) is 5.15. The smallest absolute Gasteiger partial charge is 0.257 e. The van der Waals surface area contributed by atoms with Crippen LogP contribution in [0.5, 0.6) is 0 Å². The number of thiazole rings is 1. The van der Waals surface area contributed by atoms with Crippen molar-refractivity contribution >= 4 is 33.8 Å². The lowest BCUT2D eigenvalue weighted by Gasteiger charge is -2.03. The zero-order chi connectivity index (χ0) is 14.0. The molecule has 5 nitrogen and oxygen atoms in total. The summed E-state index contributed by atoms with van der Waals surface area (Å²) in [7, 11) is 0. The van der Waals surface area contributed by atoms with Gasteiger partial charge in [0.25, 0.3) is 5.91 Å². The van der Waals surface area contributed by atoms with E-state index in [1.165, 1.54) is 19.1 Å². The van der Waals surface area contributed by atoms with Crippen molar-refractivity contribution in [2.75, 3.05) is 11.1 Å². The van der Waals surface area contributed by atoms with Crippen molar-refractivity contribution in [1.29, 1.82) is 0 Å². The first-order valence-corrected chi connectivity index (χ1v) is 6.18. The molecule has 1 heterocycles. The zero-order valence-electron chi connectivity index (χ0n) is 9.94. The van der Waals surface area contributed by atoms with Gasteiger partial charge in [-0.05, 0) is 18.2 Å². The second-order valence-electron chi connectivity index (χ2n) is 3.78. The Labute approximate surface area is 112 Å². The standard InChI is InChI=1S/C12H10FN3O2S/c1-6(17)10-5-19-12(15-10)16-11(18)7-2-3-9(14)8(13)4-7/h2-5H,14H2,1H3,(H,15,16,18). The maximum atomic E-state index is 13.2. The fourth-order valence-electron chi connectivity index (χ4n) is 1.33. The number of rotatable bonds is 3. The van der Waals surface area contributed by atoms with Gasteiger partial charge in [0.2, 0.25) is 0 Å². The molecule has 0 aliphatic rings. The van der Waals surface area contributed by atoms with Gasteiger partial charge in [-0.15, -0.1) is 11.3 Å². The lowest BCUT2D eigenvalue weighted by molar-refractivity contribution is 0.100. The summed E-state index contributed by atoms with van der Waals surface area (Å²) in [5.41, 5.74) is 5.71. The molecular weight excluding hydrogens is 269 g/mol. The number of hydrogen-bond donors (Lipinski definition) is 2. The molecule has 1 aromatic carbocycles. The molecule has 2 rings (SSSR count). The van der Waals surface area contributed by atoms with Crippen LogP contribution in [0.25, 0.3) is 0 Å². The average molecular weight is 279 g/mol. The highest BCUT2D eigenvalue weighted by atomic mass is 32.1. The Kier molecular flexibility index (Phi) is 3.57. The maximum Gasteiger partial charge on any atom is 0.257 e. The van der Waals surface area contributed by atoms with Crippen LogP contribution in [-0.2, 0) is 0 Å². The molecule has 19 heavy (non-hydrogen) atoms. The van der Waals surface area contributed by atoms with E-state index in [-0.39, 0.29) is 27.9 Å². The molecule has 0 fully saturated rings. The number of hydrogen-bond acceptors (Lipinski definition) is 5. The van der Waals surface area contributed by atoms with Gasteiger partial charge in [-0.2, -0.15) is 0 Å². The highest BCUT2D eigenvalue weighted by Crippen LogP contribution is 2.18. The van der Waals surface area contributed by atoms with E-state index >= 15 is 0 Å². The normalized spacial score (nSPS) is 10.2. The van der Waals surface area contributed by atoms with Crippen LogP contribution in [0.4, 0.5) is 15.2 Å². The number of carbonyl (C=O) groups is 2. The van der Waals surface area contributed by atoms with Gasteiger partial charge in [0.05, 0.1) is 5.69 Å². The molecule has 0 saturated heterocycles. The number of carbonyl (C=O) groups excluding carboxylic acids is 2. The van der Waals surface area contributed by atoms with E-state index in [2.05, 4.69) is 10.3 Å².